The first-order chi connectivity index (χ1) is 17.6. The third-order valence-corrected chi connectivity index (χ3v) is 6.88. The Labute approximate surface area is 214 Å². The van der Waals surface area contributed by atoms with Gasteiger partial charge in [0.25, 0.3) is 5.91 Å². The summed E-state index contributed by atoms with van der Waals surface area (Å²) in [5, 5.41) is 12.9. The fourth-order valence-corrected chi connectivity index (χ4v) is 4.88. The number of methoxy groups -OCH3 is 1. The van der Waals surface area contributed by atoms with Crippen molar-refractivity contribution < 1.29 is 46.8 Å². The lowest BCUT2D eigenvalue weighted by Crippen LogP contribution is -2.46. The van der Waals surface area contributed by atoms with Crippen molar-refractivity contribution in [2.24, 2.45) is 4.99 Å². The number of hydrogen-bond donors (Lipinski definition) is 2. The Morgan fingerprint density at radius 3 is 2.62 bits per heavy atom. The fourth-order valence-electron chi connectivity index (χ4n) is 4.88. The Hall–Kier alpha value is -2.18. The van der Waals surface area contributed by atoms with Crippen LogP contribution in [0.2, 0.25) is 0 Å². The van der Waals surface area contributed by atoms with Gasteiger partial charge in [-0.1, -0.05) is 12.8 Å². The van der Waals surface area contributed by atoms with Crippen LogP contribution in [-0.2, 0) is 28.5 Å². The summed E-state index contributed by atoms with van der Waals surface area (Å²) in [7, 11) is 1.40. The summed E-state index contributed by atoms with van der Waals surface area (Å²) in [5.74, 6) is -1.71. The molecule has 0 bridgehead atoms. The van der Waals surface area contributed by atoms with Gasteiger partial charge in [-0.15, -0.1) is 0 Å². The molecule has 37 heavy (non-hydrogen) atoms. The van der Waals surface area contributed by atoms with Gasteiger partial charge >= 0.3 is 12.1 Å². The lowest BCUT2D eigenvalue weighted by atomic mass is 10.0. The number of rotatable bonds is 9. The van der Waals surface area contributed by atoms with Gasteiger partial charge in [0, 0.05) is 32.8 Å². The lowest BCUT2D eigenvalue weighted by Gasteiger charge is -2.33. The maximum Gasteiger partial charge on any atom is 0.389 e. The van der Waals surface area contributed by atoms with Gasteiger partial charge in [-0.3, -0.25) is 9.79 Å². The molecule has 1 amide bonds. The van der Waals surface area contributed by atoms with Crippen molar-refractivity contribution in [1.82, 2.24) is 5.32 Å². The van der Waals surface area contributed by atoms with Gasteiger partial charge in [0.1, 0.15) is 24.4 Å². The molecule has 2 aliphatic heterocycles. The van der Waals surface area contributed by atoms with Crippen LogP contribution < -0.4 is 5.32 Å². The molecule has 1 unspecified atom stereocenters. The van der Waals surface area contributed by atoms with Crippen molar-refractivity contribution in [2.45, 2.75) is 114 Å². The molecule has 0 aromatic rings. The van der Waals surface area contributed by atoms with Crippen molar-refractivity contribution >= 4 is 18.1 Å². The molecular weight excluding hydrogens is 497 g/mol. The Bertz CT molecular complexity index is 843. The fraction of sp³-hybridized carbons (Fsp3) is 0.800. The number of alkyl halides is 3. The standard InChI is InChI=1S/C25H37F3N2O7/c1-15-22(37-16-7-3-4-8-16)19(35-14-6-12-25(26,27)28)10-5-9-17(24(33)36-15)30-23(32)20-21(31)18(34-2)11-13-29-20/h13,15-19,22,31H,3-12,14H2,1-2H3,(H,30,32)/t15-,17-,18?,19-,22-/m0/s1. The number of aliphatic hydroxyl groups excluding tert-OH is 1. The predicted molar refractivity (Wildman–Crippen MR) is 127 cm³/mol. The zero-order chi connectivity index (χ0) is 27.0. The third kappa shape index (κ3) is 8.68. The quantitative estimate of drug-likeness (QED) is 0.341. The predicted octanol–water partition coefficient (Wildman–Crippen LogP) is 3.90. The highest BCUT2D eigenvalue weighted by molar-refractivity contribution is 5.98. The van der Waals surface area contributed by atoms with E-state index >= 15 is 0 Å². The molecule has 0 aromatic heterocycles. The van der Waals surface area contributed by atoms with Crippen molar-refractivity contribution in [3.8, 4) is 0 Å². The first-order valence-electron chi connectivity index (χ1n) is 12.9. The summed E-state index contributed by atoms with van der Waals surface area (Å²) in [6.45, 7) is 1.57. The molecule has 2 heterocycles. The second-order valence-electron chi connectivity index (χ2n) is 9.74. The largest absolute Gasteiger partial charge is 0.507 e. The number of carbonyl (C=O) groups is 2. The van der Waals surface area contributed by atoms with Gasteiger partial charge < -0.3 is 29.4 Å². The minimum atomic E-state index is -4.26. The monoisotopic (exact) mass is 534 g/mol. The number of esters is 1. The summed E-state index contributed by atoms with van der Waals surface area (Å²) >= 11 is 0. The summed E-state index contributed by atoms with van der Waals surface area (Å²) in [6, 6.07) is -1.01. The smallest absolute Gasteiger partial charge is 0.389 e. The second kappa shape index (κ2) is 13.6. The number of amides is 1. The summed E-state index contributed by atoms with van der Waals surface area (Å²) < 4.78 is 60.7. The summed E-state index contributed by atoms with van der Waals surface area (Å²) in [6.07, 6.45) is -1.50. The minimum absolute atomic E-state index is 0.0310. The van der Waals surface area contributed by atoms with Gasteiger partial charge in [0.05, 0.1) is 12.2 Å². The highest BCUT2D eigenvalue weighted by Gasteiger charge is 2.38. The maximum atomic E-state index is 13.0. The van der Waals surface area contributed by atoms with Crippen LogP contribution in [0.1, 0.15) is 71.1 Å². The molecule has 3 aliphatic rings. The van der Waals surface area contributed by atoms with E-state index in [9.17, 15) is 27.9 Å². The number of halogens is 3. The van der Waals surface area contributed by atoms with Crippen LogP contribution in [0.15, 0.2) is 16.4 Å². The Balaban J connectivity index is 1.69. The number of cyclic esters (lactones) is 1. The molecule has 0 spiro atoms. The van der Waals surface area contributed by atoms with E-state index in [1.807, 2.05) is 0 Å². The number of aliphatic imine (C=N–C) groups is 1. The van der Waals surface area contributed by atoms with Gasteiger partial charge in [0.2, 0.25) is 0 Å². The minimum Gasteiger partial charge on any atom is -0.507 e. The van der Waals surface area contributed by atoms with Crippen molar-refractivity contribution in [2.75, 3.05) is 13.7 Å². The molecule has 5 atom stereocenters. The van der Waals surface area contributed by atoms with E-state index in [1.54, 1.807) is 6.92 Å². The number of aliphatic hydroxyl groups is 1. The van der Waals surface area contributed by atoms with Gasteiger partial charge in [-0.25, -0.2) is 4.79 Å². The lowest BCUT2D eigenvalue weighted by molar-refractivity contribution is -0.177. The topological polar surface area (TPSA) is 116 Å². The molecular formula is C25H37F3N2O7. The van der Waals surface area contributed by atoms with E-state index in [2.05, 4.69) is 10.3 Å². The maximum absolute atomic E-state index is 13.0. The van der Waals surface area contributed by atoms with Crippen molar-refractivity contribution in [1.29, 1.82) is 0 Å². The summed E-state index contributed by atoms with van der Waals surface area (Å²) in [5.41, 5.74) is -0.230. The zero-order valence-corrected chi connectivity index (χ0v) is 21.3. The zero-order valence-electron chi connectivity index (χ0n) is 21.3. The van der Waals surface area contributed by atoms with Crippen LogP contribution in [0.4, 0.5) is 13.2 Å². The van der Waals surface area contributed by atoms with Crippen LogP contribution >= 0.6 is 0 Å². The van der Waals surface area contributed by atoms with Crippen LogP contribution in [0, 0.1) is 0 Å². The number of nitrogens with one attached hydrogen (secondary N) is 1. The molecule has 1 aliphatic carbocycles. The number of nitrogens with zero attached hydrogens (tertiary/aromatic N) is 1. The number of carbonyl (C=O) groups excluding carboxylic acids is 2. The SMILES string of the molecule is COC1CC=NC(C(=O)N[C@H]2CCC[C@H](OCCCC(F)(F)F)[C@@H](OC3CCCC3)[C@H](C)OC2=O)=C1O. The average Bonchev–Trinajstić information content (AvgIpc) is 3.36. The molecule has 3 rings (SSSR count). The average molecular weight is 535 g/mol. The highest BCUT2D eigenvalue weighted by atomic mass is 19.4. The van der Waals surface area contributed by atoms with E-state index in [1.165, 1.54) is 13.3 Å². The molecule has 2 fully saturated rings. The Morgan fingerprint density at radius 2 is 1.95 bits per heavy atom. The molecule has 1 saturated carbocycles. The van der Waals surface area contributed by atoms with E-state index < -0.39 is 54.9 Å². The van der Waals surface area contributed by atoms with E-state index in [4.69, 9.17) is 18.9 Å². The van der Waals surface area contributed by atoms with Crippen LogP contribution in [0.3, 0.4) is 0 Å². The molecule has 1 saturated heterocycles. The first kappa shape index (κ1) is 29.4. The van der Waals surface area contributed by atoms with Crippen LogP contribution in [0.25, 0.3) is 0 Å². The Morgan fingerprint density at radius 1 is 1.22 bits per heavy atom. The normalized spacial score (nSPS) is 30.0. The Kier molecular flexibility index (Phi) is 10.8. The first-order valence-corrected chi connectivity index (χ1v) is 12.9. The van der Waals surface area contributed by atoms with Crippen molar-refractivity contribution in [3.63, 3.8) is 0 Å². The van der Waals surface area contributed by atoms with Gasteiger partial charge in [-0.2, -0.15) is 13.2 Å². The van der Waals surface area contributed by atoms with E-state index in [-0.39, 0.29) is 37.0 Å². The molecule has 210 valence electrons. The van der Waals surface area contributed by atoms with Crippen LogP contribution in [-0.4, -0.2) is 79.7 Å². The third-order valence-electron chi connectivity index (χ3n) is 6.88. The van der Waals surface area contributed by atoms with Crippen LogP contribution in [0.5, 0.6) is 0 Å². The van der Waals surface area contributed by atoms with Gasteiger partial charge in [0.15, 0.2) is 11.5 Å². The van der Waals surface area contributed by atoms with E-state index in [0.717, 1.165) is 25.7 Å². The highest BCUT2D eigenvalue weighted by Crippen LogP contribution is 2.29. The second-order valence-corrected chi connectivity index (χ2v) is 9.74. The number of hydrogen-bond acceptors (Lipinski definition) is 8. The number of ether oxygens (including phenoxy) is 4. The van der Waals surface area contributed by atoms with E-state index in [0.29, 0.717) is 19.3 Å². The van der Waals surface area contributed by atoms with Gasteiger partial charge in [-0.05, 0) is 45.4 Å². The molecule has 0 aromatic carbocycles. The molecule has 0 radical (unpaired) electrons. The molecule has 9 nitrogen and oxygen atoms in total. The van der Waals surface area contributed by atoms with Crippen molar-refractivity contribution in [3.05, 3.63) is 11.5 Å². The molecule has 12 heteroatoms. The molecule has 2 N–H and O–H groups in total. The summed E-state index contributed by atoms with van der Waals surface area (Å²) in [4.78, 5) is 29.8.